The fourth-order valence-corrected chi connectivity index (χ4v) is 3.39. The average molecular weight is 352 g/mol. The number of hydrogen-bond donors (Lipinski definition) is 1. The normalized spacial score (nSPS) is 25.7. The van der Waals surface area contributed by atoms with Gasteiger partial charge in [-0.1, -0.05) is 28.1 Å². The minimum Gasteiger partial charge on any atom is -0.481 e. The number of carboxylic acids is 1. The van der Waals surface area contributed by atoms with Gasteiger partial charge in [-0.25, -0.2) is 0 Å². The van der Waals surface area contributed by atoms with E-state index in [9.17, 15) is 9.59 Å². The first kappa shape index (κ1) is 14.6. The summed E-state index contributed by atoms with van der Waals surface area (Å²) in [6, 6.07) is 8.15. The lowest BCUT2D eigenvalue weighted by molar-refractivity contribution is -0.146. The fourth-order valence-electron chi connectivity index (χ4n) is 3.13. The summed E-state index contributed by atoms with van der Waals surface area (Å²) in [4.78, 5) is 25.2. The second-order valence-electron chi connectivity index (χ2n) is 5.94. The highest BCUT2D eigenvalue weighted by molar-refractivity contribution is 9.10. The number of benzene rings is 1. The van der Waals surface area contributed by atoms with E-state index in [-0.39, 0.29) is 17.7 Å². The lowest BCUT2D eigenvalue weighted by Crippen LogP contribution is -2.41. The van der Waals surface area contributed by atoms with Crippen LogP contribution in [0.5, 0.6) is 0 Å². The molecule has 0 spiro atoms. The summed E-state index contributed by atoms with van der Waals surface area (Å²) in [5.74, 6) is -0.390. The molecule has 1 saturated heterocycles. The minimum absolute atomic E-state index is 0.0903. The van der Waals surface area contributed by atoms with E-state index in [0.29, 0.717) is 31.8 Å². The molecule has 21 heavy (non-hydrogen) atoms. The van der Waals surface area contributed by atoms with Crippen LogP contribution in [0.3, 0.4) is 0 Å². The molecule has 5 heteroatoms. The van der Waals surface area contributed by atoms with Crippen LogP contribution in [0, 0.1) is 11.8 Å². The number of carbonyl (C=O) groups excluding carboxylic acids is 1. The molecule has 0 radical (unpaired) electrons. The molecule has 2 fully saturated rings. The Labute approximate surface area is 132 Å². The lowest BCUT2D eigenvalue weighted by Gasteiger charge is -2.30. The molecule has 1 amide bonds. The molecular weight excluding hydrogens is 334 g/mol. The molecule has 3 rings (SSSR count). The van der Waals surface area contributed by atoms with Crippen LogP contribution in [-0.2, 0) is 9.59 Å². The minimum atomic E-state index is -0.735. The van der Waals surface area contributed by atoms with Gasteiger partial charge in [-0.05, 0) is 42.9 Å². The van der Waals surface area contributed by atoms with Gasteiger partial charge in [0, 0.05) is 23.5 Å². The zero-order chi connectivity index (χ0) is 15.0. The van der Waals surface area contributed by atoms with Crippen LogP contribution in [0.15, 0.2) is 28.7 Å². The molecule has 1 saturated carbocycles. The van der Waals surface area contributed by atoms with Crippen molar-refractivity contribution in [3.63, 3.8) is 0 Å². The van der Waals surface area contributed by atoms with Crippen molar-refractivity contribution >= 4 is 27.8 Å². The first-order valence-electron chi connectivity index (χ1n) is 7.33. The Morgan fingerprint density at radius 1 is 1.14 bits per heavy atom. The van der Waals surface area contributed by atoms with Crippen LogP contribution < -0.4 is 0 Å². The summed E-state index contributed by atoms with van der Waals surface area (Å²) >= 11 is 3.42. The Morgan fingerprint density at radius 2 is 1.76 bits per heavy atom. The molecule has 112 valence electrons. The summed E-state index contributed by atoms with van der Waals surface area (Å²) < 4.78 is 1.05. The third kappa shape index (κ3) is 3.12. The van der Waals surface area contributed by atoms with Gasteiger partial charge in [0.2, 0.25) is 5.91 Å². The predicted molar refractivity (Wildman–Crippen MR) is 81.9 cm³/mol. The highest BCUT2D eigenvalue weighted by Gasteiger charge is 2.46. The molecule has 0 unspecified atom stereocenters. The molecule has 1 N–H and O–H groups in total. The Morgan fingerprint density at radius 3 is 2.33 bits per heavy atom. The highest BCUT2D eigenvalue weighted by atomic mass is 79.9. The molecule has 0 bridgehead atoms. The van der Waals surface area contributed by atoms with E-state index in [2.05, 4.69) is 28.1 Å². The average Bonchev–Trinajstić information content (AvgIpc) is 3.28. The summed E-state index contributed by atoms with van der Waals surface area (Å²) in [5, 5.41) is 8.99. The van der Waals surface area contributed by atoms with Gasteiger partial charge < -0.3 is 10.0 Å². The summed E-state index contributed by atoms with van der Waals surface area (Å²) in [6.45, 7) is 1.17. The van der Waals surface area contributed by atoms with E-state index in [1.807, 2.05) is 17.0 Å². The fraction of sp³-hybridized carbons (Fsp3) is 0.500. The van der Waals surface area contributed by atoms with Crippen molar-refractivity contribution in [2.45, 2.75) is 25.2 Å². The van der Waals surface area contributed by atoms with Crippen LogP contribution in [0.2, 0.25) is 0 Å². The Hall–Kier alpha value is -1.36. The molecule has 1 aliphatic carbocycles. The van der Waals surface area contributed by atoms with Gasteiger partial charge in [0.15, 0.2) is 0 Å². The van der Waals surface area contributed by atoms with Crippen LogP contribution in [0.1, 0.15) is 30.7 Å². The predicted octanol–water partition coefficient (Wildman–Crippen LogP) is 2.88. The smallest absolute Gasteiger partial charge is 0.306 e. The van der Waals surface area contributed by atoms with E-state index in [1.54, 1.807) is 0 Å². The number of hydrogen-bond acceptors (Lipinski definition) is 2. The number of piperidine rings is 1. The molecule has 0 aromatic heterocycles. The Kier molecular flexibility index (Phi) is 4.02. The third-order valence-electron chi connectivity index (χ3n) is 4.56. The maximum Gasteiger partial charge on any atom is 0.306 e. The van der Waals surface area contributed by atoms with Crippen molar-refractivity contribution in [2.75, 3.05) is 13.1 Å². The molecule has 1 aromatic rings. The zero-order valence-electron chi connectivity index (χ0n) is 11.7. The van der Waals surface area contributed by atoms with Crippen molar-refractivity contribution in [1.82, 2.24) is 4.90 Å². The van der Waals surface area contributed by atoms with Crippen LogP contribution in [0.25, 0.3) is 0 Å². The van der Waals surface area contributed by atoms with Gasteiger partial charge in [-0.15, -0.1) is 0 Å². The van der Waals surface area contributed by atoms with Gasteiger partial charge in [-0.2, -0.15) is 0 Å². The van der Waals surface area contributed by atoms with Gasteiger partial charge >= 0.3 is 5.97 Å². The molecule has 2 atom stereocenters. The monoisotopic (exact) mass is 351 g/mol. The first-order chi connectivity index (χ1) is 10.1. The first-order valence-corrected chi connectivity index (χ1v) is 8.12. The maximum atomic E-state index is 12.5. The molecule has 4 nitrogen and oxygen atoms in total. The largest absolute Gasteiger partial charge is 0.481 e. The number of rotatable bonds is 3. The number of aliphatic carboxylic acids is 1. The van der Waals surface area contributed by atoms with Gasteiger partial charge in [-0.3, -0.25) is 9.59 Å². The number of halogens is 1. The van der Waals surface area contributed by atoms with Gasteiger partial charge in [0.25, 0.3) is 0 Å². The van der Waals surface area contributed by atoms with E-state index in [4.69, 9.17) is 5.11 Å². The van der Waals surface area contributed by atoms with Crippen LogP contribution in [0.4, 0.5) is 0 Å². The molecule has 1 aromatic carbocycles. The number of carboxylic acid groups (broad SMARTS) is 1. The topological polar surface area (TPSA) is 57.6 Å². The van der Waals surface area contributed by atoms with Gasteiger partial charge in [0.05, 0.1) is 5.92 Å². The van der Waals surface area contributed by atoms with Crippen molar-refractivity contribution in [1.29, 1.82) is 0 Å². The molecule has 1 aliphatic heterocycles. The zero-order valence-corrected chi connectivity index (χ0v) is 13.3. The third-order valence-corrected chi connectivity index (χ3v) is 5.09. The summed E-state index contributed by atoms with van der Waals surface area (Å²) in [5.41, 5.74) is 1.22. The van der Waals surface area contributed by atoms with Gasteiger partial charge in [0.1, 0.15) is 0 Å². The van der Waals surface area contributed by atoms with E-state index in [0.717, 1.165) is 10.9 Å². The Bertz CT molecular complexity index is 549. The van der Waals surface area contributed by atoms with E-state index >= 15 is 0 Å². The maximum absolute atomic E-state index is 12.5. The standard InChI is InChI=1S/C16H18BrNO3/c17-12-3-1-10(2-4-12)13-9-14(13)15(19)18-7-5-11(6-8-18)16(20)21/h1-4,11,13-14H,5-9H2,(H,20,21)/t13-,14+/m0/s1. The Balaban J connectivity index is 1.56. The molecule has 1 heterocycles. The number of carbonyl (C=O) groups is 2. The van der Waals surface area contributed by atoms with Crippen LogP contribution in [-0.4, -0.2) is 35.0 Å². The van der Waals surface area contributed by atoms with Crippen LogP contribution >= 0.6 is 15.9 Å². The number of likely N-dealkylation sites (tertiary alicyclic amines) is 1. The van der Waals surface area contributed by atoms with E-state index < -0.39 is 5.97 Å². The quantitative estimate of drug-likeness (QED) is 0.910. The summed E-state index contributed by atoms with van der Waals surface area (Å²) in [6.07, 6.45) is 2.08. The SMILES string of the molecule is O=C(O)C1CCN(C(=O)[C@@H]2C[C@H]2c2ccc(Br)cc2)CC1. The van der Waals surface area contributed by atoms with Crippen molar-refractivity contribution < 1.29 is 14.7 Å². The highest BCUT2D eigenvalue weighted by Crippen LogP contribution is 2.48. The molecular formula is C16H18BrNO3. The number of nitrogens with zero attached hydrogens (tertiary/aromatic N) is 1. The second-order valence-corrected chi connectivity index (χ2v) is 6.85. The van der Waals surface area contributed by atoms with Crippen molar-refractivity contribution in [3.05, 3.63) is 34.3 Å². The van der Waals surface area contributed by atoms with Crippen molar-refractivity contribution in [2.24, 2.45) is 11.8 Å². The molecule has 2 aliphatic rings. The number of amides is 1. The lowest BCUT2D eigenvalue weighted by atomic mass is 9.96. The van der Waals surface area contributed by atoms with E-state index in [1.165, 1.54) is 5.56 Å². The van der Waals surface area contributed by atoms with Crippen molar-refractivity contribution in [3.8, 4) is 0 Å². The summed E-state index contributed by atoms with van der Waals surface area (Å²) in [7, 11) is 0. The second kappa shape index (κ2) is 5.79.